The van der Waals surface area contributed by atoms with Crippen molar-refractivity contribution in [3.63, 3.8) is 0 Å². The van der Waals surface area contributed by atoms with Gasteiger partial charge in [0.2, 0.25) is 5.88 Å². The first-order chi connectivity index (χ1) is 9.06. The summed E-state index contributed by atoms with van der Waals surface area (Å²) in [7, 11) is 0. The van der Waals surface area contributed by atoms with Gasteiger partial charge < -0.3 is 9.84 Å². The fourth-order valence-corrected chi connectivity index (χ4v) is 2.17. The molecule has 0 aliphatic rings. The van der Waals surface area contributed by atoms with Gasteiger partial charge in [0.05, 0.1) is 5.56 Å². The minimum atomic E-state index is -0.967. The first-order valence-corrected chi connectivity index (χ1v) is 6.84. The maximum atomic E-state index is 11.1. The highest BCUT2D eigenvalue weighted by Gasteiger charge is 2.11. The van der Waals surface area contributed by atoms with Gasteiger partial charge in [0.1, 0.15) is 6.61 Å². The van der Waals surface area contributed by atoms with Crippen molar-refractivity contribution in [2.45, 2.75) is 26.4 Å². The molecule has 0 spiro atoms. The zero-order valence-electron chi connectivity index (χ0n) is 10.8. The van der Waals surface area contributed by atoms with Crippen molar-refractivity contribution in [2.24, 2.45) is 0 Å². The molecule has 0 aromatic carbocycles. The molecule has 0 atom stereocenters. The highest BCUT2D eigenvalue weighted by molar-refractivity contribution is 7.09. The Morgan fingerprint density at radius 3 is 2.84 bits per heavy atom. The summed E-state index contributed by atoms with van der Waals surface area (Å²) in [6, 6.07) is 6.96. The SMILES string of the molecule is CC(C)c1cc(C(=O)O)cc(OCc2cccs2)n1. The Morgan fingerprint density at radius 2 is 2.26 bits per heavy atom. The van der Waals surface area contributed by atoms with Gasteiger partial charge in [-0.05, 0) is 23.4 Å². The third-order valence-corrected chi connectivity index (χ3v) is 3.45. The second kappa shape index (κ2) is 5.84. The minimum absolute atomic E-state index is 0.156. The molecule has 2 heterocycles. The standard InChI is InChI=1S/C14H15NO3S/c1-9(2)12-6-10(14(16)17)7-13(15-12)18-8-11-4-3-5-19-11/h3-7,9H,8H2,1-2H3,(H,16,17). The molecule has 0 bridgehead atoms. The lowest BCUT2D eigenvalue weighted by molar-refractivity contribution is 0.0696. The van der Waals surface area contributed by atoms with E-state index >= 15 is 0 Å². The Bertz CT molecular complexity index is 564. The maximum absolute atomic E-state index is 11.1. The number of rotatable bonds is 5. The molecular weight excluding hydrogens is 262 g/mol. The Labute approximate surface area is 115 Å². The molecule has 0 radical (unpaired) electrons. The lowest BCUT2D eigenvalue weighted by Crippen LogP contribution is -2.04. The number of carboxylic acids is 1. The van der Waals surface area contributed by atoms with Gasteiger partial charge in [0.25, 0.3) is 0 Å². The van der Waals surface area contributed by atoms with E-state index in [9.17, 15) is 4.79 Å². The lowest BCUT2D eigenvalue weighted by Gasteiger charge is -2.10. The quantitative estimate of drug-likeness (QED) is 0.908. The van der Waals surface area contributed by atoms with Crippen LogP contribution in [0.3, 0.4) is 0 Å². The molecule has 1 N–H and O–H groups in total. The lowest BCUT2D eigenvalue weighted by atomic mass is 10.1. The highest BCUT2D eigenvalue weighted by atomic mass is 32.1. The normalized spacial score (nSPS) is 10.7. The fraction of sp³-hybridized carbons (Fsp3) is 0.286. The van der Waals surface area contributed by atoms with Gasteiger partial charge >= 0.3 is 5.97 Å². The molecule has 0 aliphatic heterocycles. The average Bonchev–Trinajstić information content (AvgIpc) is 2.89. The van der Waals surface area contributed by atoms with E-state index in [0.717, 1.165) is 10.6 Å². The number of carboxylic acid groups (broad SMARTS) is 1. The molecule has 0 saturated carbocycles. The summed E-state index contributed by atoms with van der Waals surface area (Å²) in [6.45, 7) is 4.35. The summed E-state index contributed by atoms with van der Waals surface area (Å²) in [5.74, 6) is -0.453. The van der Waals surface area contributed by atoms with E-state index in [2.05, 4.69) is 4.98 Å². The zero-order valence-corrected chi connectivity index (χ0v) is 11.6. The monoisotopic (exact) mass is 277 g/mol. The Kier molecular flexibility index (Phi) is 4.16. The number of carbonyl (C=O) groups is 1. The van der Waals surface area contributed by atoms with Crippen LogP contribution >= 0.6 is 11.3 Å². The van der Waals surface area contributed by atoms with Gasteiger partial charge in [0, 0.05) is 16.6 Å². The number of hydrogen-bond donors (Lipinski definition) is 1. The number of ether oxygens (including phenoxy) is 1. The predicted octanol–water partition coefficient (Wildman–Crippen LogP) is 3.54. The van der Waals surface area contributed by atoms with Crippen molar-refractivity contribution in [1.29, 1.82) is 0 Å². The third kappa shape index (κ3) is 3.54. The summed E-state index contributed by atoms with van der Waals surface area (Å²) in [5, 5.41) is 11.1. The first kappa shape index (κ1) is 13.5. The Morgan fingerprint density at radius 1 is 1.47 bits per heavy atom. The van der Waals surface area contributed by atoms with E-state index < -0.39 is 5.97 Å². The summed E-state index contributed by atoms with van der Waals surface area (Å²) < 4.78 is 5.57. The molecule has 2 rings (SSSR count). The molecule has 19 heavy (non-hydrogen) atoms. The van der Waals surface area contributed by atoms with Crippen LogP contribution in [0.2, 0.25) is 0 Å². The second-order valence-corrected chi connectivity index (χ2v) is 5.48. The molecule has 0 unspecified atom stereocenters. The molecule has 0 saturated heterocycles. The summed E-state index contributed by atoms with van der Waals surface area (Å²) in [4.78, 5) is 16.5. The molecule has 2 aromatic rings. The van der Waals surface area contributed by atoms with Crippen molar-refractivity contribution in [3.05, 3.63) is 45.8 Å². The Hall–Kier alpha value is -1.88. The van der Waals surface area contributed by atoms with Crippen molar-refractivity contribution < 1.29 is 14.6 Å². The number of pyridine rings is 1. The van der Waals surface area contributed by atoms with E-state index in [1.807, 2.05) is 31.4 Å². The van der Waals surface area contributed by atoms with Gasteiger partial charge in [-0.25, -0.2) is 9.78 Å². The van der Waals surface area contributed by atoms with E-state index in [4.69, 9.17) is 9.84 Å². The topological polar surface area (TPSA) is 59.4 Å². The van der Waals surface area contributed by atoms with Gasteiger partial charge in [0.15, 0.2) is 0 Å². The van der Waals surface area contributed by atoms with E-state index in [1.54, 1.807) is 17.4 Å². The van der Waals surface area contributed by atoms with Crippen LogP contribution in [0.5, 0.6) is 5.88 Å². The van der Waals surface area contributed by atoms with Crippen LogP contribution in [-0.4, -0.2) is 16.1 Å². The maximum Gasteiger partial charge on any atom is 0.335 e. The number of nitrogens with zero attached hydrogens (tertiary/aromatic N) is 1. The van der Waals surface area contributed by atoms with Gasteiger partial charge in [-0.3, -0.25) is 0 Å². The smallest absolute Gasteiger partial charge is 0.335 e. The molecule has 4 nitrogen and oxygen atoms in total. The van der Waals surface area contributed by atoms with Crippen LogP contribution in [0.15, 0.2) is 29.6 Å². The molecule has 0 aliphatic carbocycles. The average molecular weight is 277 g/mol. The summed E-state index contributed by atoms with van der Waals surface area (Å²) in [5.41, 5.74) is 0.931. The first-order valence-electron chi connectivity index (χ1n) is 5.96. The minimum Gasteiger partial charge on any atom is -0.478 e. The Balaban J connectivity index is 2.21. The molecule has 0 amide bonds. The highest BCUT2D eigenvalue weighted by Crippen LogP contribution is 2.20. The molecule has 0 fully saturated rings. The molecule has 5 heteroatoms. The van der Waals surface area contributed by atoms with Crippen molar-refractivity contribution in [3.8, 4) is 5.88 Å². The predicted molar refractivity (Wildman–Crippen MR) is 73.9 cm³/mol. The summed E-state index contributed by atoms with van der Waals surface area (Å²) >= 11 is 1.59. The summed E-state index contributed by atoms with van der Waals surface area (Å²) in [6.07, 6.45) is 0. The van der Waals surface area contributed by atoms with Crippen LogP contribution in [0, 0.1) is 0 Å². The van der Waals surface area contributed by atoms with Crippen LogP contribution in [0.25, 0.3) is 0 Å². The van der Waals surface area contributed by atoms with Crippen molar-refractivity contribution in [1.82, 2.24) is 4.98 Å². The van der Waals surface area contributed by atoms with Crippen molar-refractivity contribution in [2.75, 3.05) is 0 Å². The zero-order chi connectivity index (χ0) is 13.8. The largest absolute Gasteiger partial charge is 0.478 e. The van der Waals surface area contributed by atoms with Crippen LogP contribution in [0.1, 0.15) is 40.7 Å². The van der Waals surface area contributed by atoms with E-state index in [0.29, 0.717) is 12.5 Å². The van der Waals surface area contributed by atoms with Crippen LogP contribution in [0.4, 0.5) is 0 Å². The number of hydrogen-bond acceptors (Lipinski definition) is 4. The van der Waals surface area contributed by atoms with Gasteiger partial charge in [-0.15, -0.1) is 11.3 Å². The van der Waals surface area contributed by atoms with Crippen LogP contribution in [-0.2, 0) is 6.61 Å². The molecular formula is C14H15NO3S. The van der Waals surface area contributed by atoms with Crippen LogP contribution < -0.4 is 4.74 Å². The number of thiophene rings is 1. The van der Waals surface area contributed by atoms with Crippen molar-refractivity contribution >= 4 is 17.3 Å². The molecule has 100 valence electrons. The number of aromatic nitrogens is 1. The van der Waals surface area contributed by atoms with E-state index in [-0.39, 0.29) is 11.5 Å². The van der Waals surface area contributed by atoms with E-state index in [1.165, 1.54) is 6.07 Å². The number of aromatic carboxylic acids is 1. The van der Waals surface area contributed by atoms with Gasteiger partial charge in [-0.2, -0.15) is 0 Å². The fourth-order valence-electron chi connectivity index (χ4n) is 1.56. The van der Waals surface area contributed by atoms with Gasteiger partial charge in [-0.1, -0.05) is 19.9 Å². The third-order valence-electron chi connectivity index (χ3n) is 2.60. The molecule has 2 aromatic heterocycles. The second-order valence-electron chi connectivity index (χ2n) is 4.45.